The molecule has 8 rings (SSSR count). The summed E-state index contributed by atoms with van der Waals surface area (Å²) in [4.78, 5) is 19.9. The number of aryl methyl sites for hydroxylation is 2. The first-order chi connectivity index (χ1) is 25.6. The Hall–Kier alpha value is -6.52. The fourth-order valence-electron chi connectivity index (χ4n) is 6.83. The summed E-state index contributed by atoms with van der Waals surface area (Å²) in [6.45, 7) is 4.27. The van der Waals surface area contributed by atoms with E-state index in [0.29, 0.717) is 17.5 Å². The summed E-state index contributed by atoms with van der Waals surface area (Å²) in [5.74, 6) is 1.90. The molecule has 0 fully saturated rings. The molecule has 8 aromatic rings. The molecule has 2 heterocycles. The van der Waals surface area contributed by atoms with Gasteiger partial charge in [-0.05, 0) is 58.4 Å². The molecule has 250 valence electrons. The maximum absolute atomic E-state index is 5.05. The van der Waals surface area contributed by atoms with E-state index in [9.17, 15) is 0 Å². The summed E-state index contributed by atoms with van der Waals surface area (Å²) in [5, 5.41) is 0. The molecular weight excluding hydrogens is 633 g/mol. The van der Waals surface area contributed by atoms with Gasteiger partial charge in [-0.2, -0.15) is 0 Å². The monoisotopic (exact) mass is 670 g/mol. The normalized spacial score (nSPS) is 11.0. The molecule has 52 heavy (non-hydrogen) atoms. The lowest BCUT2D eigenvalue weighted by Gasteiger charge is -2.17. The molecule has 0 bridgehead atoms. The standard InChI is InChI=1S/C48H38N4/c1-3-14-41-31-32-42(33(2)49-41)36-23-27-39(28-24-36)47-50-46(38-19-11-6-12-20-38)51-48(52-47)40-29-25-37(26-30-40)45-43(34-15-7-4-8-16-34)21-13-22-44(45)35-17-9-5-10-18-35/h4-13,15-32H,3,14H2,1-2H3. The lowest BCUT2D eigenvalue weighted by molar-refractivity contribution is 0.875. The topological polar surface area (TPSA) is 51.6 Å². The van der Waals surface area contributed by atoms with Crippen LogP contribution in [0, 0.1) is 6.92 Å². The molecule has 6 aromatic carbocycles. The molecule has 4 nitrogen and oxygen atoms in total. The van der Waals surface area contributed by atoms with Crippen LogP contribution in [0.1, 0.15) is 24.7 Å². The van der Waals surface area contributed by atoms with E-state index >= 15 is 0 Å². The van der Waals surface area contributed by atoms with E-state index in [0.717, 1.165) is 57.6 Å². The van der Waals surface area contributed by atoms with Gasteiger partial charge in [-0.25, -0.2) is 15.0 Å². The minimum Gasteiger partial charge on any atom is -0.258 e. The van der Waals surface area contributed by atoms with Crippen molar-refractivity contribution in [2.45, 2.75) is 26.7 Å². The number of hydrogen-bond acceptors (Lipinski definition) is 4. The van der Waals surface area contributed by atoms with E-state index in [2.05, 4.69) is 153 Å². The molecule has 0 amide bonds. The summed E-state index contributed by atoms with van der Waals surface area (Å²) in [6.07, 6.45) is 2.07. The van der Waals surface area contributed by atoms with E-state index < -0.39 is 0 Å². The first kappa shape index (κ1) is 32.7. The molecule has 0 aliphatic carbocycles. The zero-order valence-electron chi connectivity index (χ0n) is 29.4. The third-order valence-corrected chi connectivity index (χ3v) is 9.44. The largest absolute Gasteiger partial charge is 0.258 e. The van der Waals surface area contributed by atoms with Crippen molar-refractivity contribution in [1.29, 1.82) is 0 Å². The van der Waals surface area contributed by atoms with Crippen LogP contribution in [0.5, 0.6) is 0 Å². The SMILES string of the molecule is CCCc1ccc(-c2ccc(-c3nc(-c4ccccc4)nc(-c4ccc(-c5c(-c6ccccc6)cccc5-c5ccccc5)cc4)n3)cc2)c(C)n1. The van der Waals surface area contributed by atoms with Gasteiger partial charge in [0, 0.05) is 33.6 Å². The Labute approximate surface area is 305 Å². The molecule has 2 aromatic heterocycles. The van der Waals surface area contributed by atoms with Crippen molar-refractivity contribution in [2.24, 2.45) is 0 Å². The van der Waals surface area contributed by atoms with E-state index in [1.807, 2.05) is 30.3 Å². The van der Waals surface area contributed by atoms with Crippen molar-refractivity contribution in [3.05, 3.63) is 181 Å². The average Bonchev–Trinajstić information content (AvgIpc) is 3.22. The number of benzene rings is 6. The molecule has 0 spiro atoms. The fourth-order valence-corrected chi connectivity index (χ4v) is 6.83. The molecule has 4 heteroatoms. The Bertz CT molecular complexity index is 2380. The highest BCUT2D eigenvalue weighted by Crippen LogP contribution is 2.40. The van der Waals surface area contributed by atoms with Gasteiger partial charge >= 0.3 is 0 Å². The zero-order chi connectivity index (χ0) is 35.3. The Morgan fingerprint density at radius 2 is 0.750 bits per heavy atom. The van der Waals surface area contributed by atoms with Crippen LogP contribution in [0.15, 0.2) is 170 Å². The Balaban J connectivity index is 1.19. The highest BCUT2D eigenvalue weighted by Gasteiger charge is 2.16. The predicted molar refractivity (Wildman–Crippen MR) is 214 cm³/mol. The molecule has 0 N–H and O–H groups in total. The number of hydrogen-bond donors (Lipinski definition) is 0. The third kappa shape index (κ3) is 6.79. The first-order valence-electron chi connectivity index (χ1n) is 17.9. The zero-order valence-corrected chi connectivity index (χ0v) is 29.4. The lowest BCUT2D eigenvalue weighted by atomic mass is 9.87. The number of nitrogens with zero attached hydrogens (tertiary/aromatic N) is 4. The number of rotatable bonds is 9. The highest BCUT2D eigenvalue weighted by molar-refractivity contribution is 5.94. The van der Waals surface area contributed by atoms with Gasteiger partial charge in [0.05, 0.1) is 0 Å². The second-order valence-electron chi connectivity index (χ2n) is 13.0. The van der Waals surface area contributed by atoms with E-state index in [-0.39, 0.29) is 0 Å². The van der Waals surface area contributed by atoms with Gasteiger partial charge in [0.25, 0.3) is 0 Å². The maximum atomic E-state index is 5.05. The molecule has 0 saturated carbocycles. The van der Waals surface area contributed by atoms with Crippen LogP contribution in [0.2, 0.25) is 0 Å². The van der Waals surface area contributed by atoms with Crippen molar-refractivity contribution in [1.82, 2.24) is 19.9 Å². The van der Waals surface area contributed by atoms with Gasteiger partial charge < -0.3 is 0 Å². The quantitative estimate of drug-likeness (QED) is 0.153. The van der Waals surface area contributed by atoms with Crippen molar-refractivity contribution < 1.29 is 0 Å². The average molecular weight is 671 g/mol. The Morgan fingerprint density at radius 1 is 0.346 bits per heavy atom. The van der Waals surface area contributed by atoms with Gasteiger partial charge in [0.15, 0.2) is 17.5 Å². The lowest BCUT2D eigenvalue weighted by Crippen LogP contribution is -2.00. The second-order valence-corrected chi connectivity index (χ2v) is 13.0. The minimum atomic E-state index is 0.630. The van der Waals surface area contributed by atoms with Gasteiger partial charge in [-0.1, -0.05) is 177 Å². The summed E-state index contributed by atoms with van der Waals surface area (Å²) in [7, 11) is 0. The van der Waals surface area contributed by atoms with Crippen LogP contribution in [0.4, 0.5) is 0 Å². The summed E-state index contributed by atoms with van der Waals surface area (Å²) in [6, 6.07) is 59.3. The third-order valence-electron chi connectivity index (χ3n) is 9.44. The van der Waals surface area contributed by atoms with Crippen LogP contribution in [0.25, 0.3) is 78.7 Å². The van der Waals surface area contributed by atoms with E-state index in [1.54, 1.807) is 0 Å². The Morgan fingerprint density at radius 3 is 1.21 bits per heavy atom. The van der Waals surface area contributed by atoms with Crippen LogP contribution in [-0.4, -0.2) is 19.9 Å². The summed E-state index contributed by atoms with van der Waals surface area (Å²) >= 11 is 0. The van der Waals surface area contributed by atoms with Crippen LogP contribution >= 0.6 is 0 Å². The van der Waals surface area contributed by atoms with Crippen LogP contribution < -0.4 is 0 Å². The summed E-state index contributed by atoms with van der Waals surface area (Å²) in [5.41, 5.74) is 14.3. The fraction of sp³-hybridized carbons (Fsp3) is 0.0833. The summed E-state index contributed by atoms with van der Waals surface area (Å²) < 4.78 is 0. The minimum absolute atomic E-state index is 0.630. The van der Waals surface area contributed by atoms with Crippen molar-refractivity contribution in [2.75, 3.05) is 0 Å². The van der Waals surface area contributed by atoms with E-state index in [1.165, 1.54) is 27.8 Å². The molecule has 0 aliphatic rings. The second kappa shape index (κ2) is 14.8. The molecule has 0 aliphatic heterocycles. The van der Waals surface area contributed by atoms with Crippen LogP contribution in [-0.2, 0) is 6.42 Å². The van der Waals surface area contributed by atoms with Crippen molar-refractivity contribution in [3.63, 3.8) is 0 Å². The van der Waals surface area contributed by atoms with Crippen LogP contribution in [0.3, 0.4) is 0 Å². The highest BCUT2D eigenvalue weighted by atomic mass is 15.0. The van der Waals surface area contributed by atoms with Crippen molar-refractivity contribution >= 4 is 0 Å². The van der Waals surface area contributed by atoms with Gasteiger partial charge in [-0.15, -0.1) is 0 Å². The van der Waals surface area contributed by atoms with Gasteiger partial charge in [-0.3, -0.25) is 4.98 Å². The molecule has 0 radical (unpaired) electrons. The number of pyridine rings is 1. The Kier molecular flexibility index (Phi) is 9.27. The smallest absolute Gasteiger partial charge is 0.164 e. The maximum Gasteiger partial charge on any atom is 0.164 e. The molecular formula is C48H38N4. The van der Waals surface area contributed by atoms with Crippen molar-refractivity contribution in [3.8, 4) is 78.7 Å². The van der Waals surface area contributed by atoms with Gasteiger partial charge in [0.2, 0.25) is 0 Å². The molecule has 0 atom stereocenters. The van der Waals surface area contributed by atoms with E-state index in [4.69, 9.17) is 19.9 Å². The predicted octanol–water partition coefficient (Wildman–Crippen LogP) is 12.2. The van der Waals surface area contributed by atoms with Gasteiger partial charge in [0.1, 0.15) is 0 Å². The first-order valence-corrected chi connectivity index (χ1v) is 17.9. The molecule has 0 saturated heterocycles. The number of aromatic nitrogens is 4. The molecule has 0 unspecified atom stereocenters.